The molecular formula is C14H20O3. The maximum absolute atomic E-state index is 11.1. The van der Waals surface area contributed by atoms with Gasteiger partial charge in [0.25, 0.3) is 0 Å². The van der Waals surface area contributed by atoms with E-state index in [4.69, 9.17) is 4.74 Å². The van der Waals surface area contributed by atoms with Crippen LogP contribution in [-0.4, -0.2) is 11.1 Å². The zero-order valence-electron chi connectivity index (χ0n) is 10.7. The fourth-order valence-electron chi connectivity index (χ4n) is 1.92. The molecule has 1 rings (SSSR count). The van der Waals surface area contributed by atoms with Crippen LogP contribution in [0.15, 0.2) is 12.1 Å². The molecule has 0 aliphatic carbocycles. The number of phenolic OH excluding ortho intramolecular Hbond substituents is 1. The minimum absolute atomic E-state index is 0.243. The monoisotopic (exact) mass is 236 g/mol. The van der Waals surface area contributed by atoms with Crippen molar-refractivity contribution in [3.05, 3.63) is 23.3 Å². The Balaban J connectivity index is 3.19. The summed E-state index contributed by atoms with van der Waals surface area (Å²) in [5, 5.41) is 9.67. The first-order valence-electron chi connectivity index (χ1n) is 6.11. The molecule has 1 N–H and O–H groups in total. The predicted octanol–water partition coefficient (Wildman–Crippen LogP) is 3.22. The summed E-state index contributed by atoms with van der Waals surface area (Å²) < 4.78 is 5.29. The van der Waals surface area contributed by atoms with E-state index in [0.717, 1.165) is 36.8 Å². The molecule has 1 aromatic rings. The minimum atomic E-state index is -0.314. The van der Waals surface area contributed by atoms with Crippen LogP contribution in [0, 0.1) is 0 Å². The van der Waals surface area contributed by atoms with Crippen molar-refractivity contribution in [2.75, 3.05) is 0 Å². The maximum atomic E-state index is 11.1. The second-order valence-corrected chi connectivity index (χ2v) is 4.19. The lowest BCUT2D eigenvalue weighted by Gasteiger charge is -2.14. The van der Waals surface area contributed by atoms with Gasteiger partial charge in [0, 0.05) is 6.92 Å². The highest BCUT2D eigenvalue weighted by Crippen LogP contribution is 2.31. The van der Waals surface area contributed by atoms with Crippen molar-refractivity contribution in [2.45, 2.75) is 46.5 Å². The molecule has 0 saturated carbocycles. The zero-order valence-corrected chi connectivity index (χ0v) is 10.7. The number of aromatic hydroxyl groups is 1. The van der Waals surface area contributed by atoms with Gasteiger partial charge in [-0.3, -0.25) is 4.79 Å². The first-order chi connectivity index (χ1) is 8.08. The Kier molecular flexibility index (Phi) is 5.01. The molecular weight excluding hydrogens is 216 g/mol. The fraction of sp³-hybridized carbons (Fsp3) is 0.500. The van der Waals surface area contributed by atoms with Gasteiger partial charge in [0.05, 0.1) is 0 Å². The number of carbonyl (C=O) groups is 1. The van der Waals surface area contributed by atoms with Gasteiger partial charge in [-0.05, 0) is 36.1 Å². The van der Waals surface area contributed by atoms with E-state index in [1.807, 2.05) is 0 Å². The van der Waals surface area contributed by atoms with Crippen LogP contribution in [0.2, 0.25) is 0 Å². The highest BCUT2D eigenvalue weighted by molar-refractivity contribution is 5.70. The van der Waals surface area contributed by atoms with Crippen molar-refractivity contribution in [1.29, 1.82) is 0 Å². The lowest BCUT2D eigenvalue weighted by molar-refractivity contribution is -0.132. The summed E-state index contributed by atoms with van der Waals surface area (Å²) in [7, 11) is 0. The summed E-state index contributed by atoms with van der Waals surface area (Å²) in [6.07, 6.45) is 3.49. The van der Waals surface area contributed by atoms with Crippen LogP contribution in [-0.2, 0) is 17.6 Å². The van der Waals surface area contributed by atoms with Gasteiger partial charge in [-0.2, -0.15) is 0 Å². The van der Waals surface area contributed by atoms with Crippen molar-refractivity contribution < 1.29 is 14.6 Å². The summed E-state index contributed by atoms with van der Waals surface area (Å²) in [6.45, 7) is 5.51. The molecule has 94 valence electrons. The molecule has 0 heterocycles. The number of hydrogen-bond acceptors (Lipinski definition) is 3. The molecule has 0 saturated heterocycles. The Hall–Kier alpha value is -1.51. The summed E-state index contributed by atoms with van der Waals surface area (Å²) in [4.78, 5) is 11.1. The topological polar surface area (TPSA) is 46.5 Å². The summed E-state index contributed by atoms with van der Waals surface area (Å²) >= 11 is 0. The molecule has 3 nitrogen and oxygen atoms in total. The molecule has 0 radical (unpaired) electrons. The quantitative estimate of drug-likeness (QED) is 0.630. The second-order valence-electron chi connectivity index (χ2n) is 4.19. The molecule has 0 unspecified atom stereocenters. The van der Waals surface area contributed by atoms with Gasteiger partial charge in [-0.15, -0.1) is 0 Å². The van der Waals surface area contributed by atoms with Gasteiger partial charge in [-0.25, -0.2) is 0 Å². The molecule has 17 heavy (non-hydrogen) atoms. The smallest absolute Gasteiger partial charge is 0.308 e. The lowest BCUT2D eigenvalue weighted by atomic mass is 10.0. The molecule has 0 aromatic heterocycles. The minimum Gasteiger partial charge on any atom is -0.508 e. The largest absolute Gasteiger partial charge is 0.508 e. The third-order valence-electron chi connectivity index (χ3n) is 2.51. The molecule has 0 amide bonds. The van der Waals surface area contributed by atoms with Gasteiger partial charge < -0.3 is 9.84 Å². The standard InChI is InChI=1S/C14H20O3/c1-4-6-11-8-13(16)9-12(7-5-2)14(11)17-10(3)15/h8-9,16H,4-7H2,1-3H3. The number of rotatable bonds is 5. The Morgan fingerprint density at radius 3 is 2.00 bits per heavy atom. The van der Waals surface area contributed by atoms with Crippen LogP contribution in [0.3, 0.4) is 0 Å². The summed E-state index contributed by atoms with van der Waals surface area (Å²) in [5.74, 6) is 0.567. The predicted molar refractivity (Wildman–Crippen MR) is 67.4 cm³/mol. The van der Waals surface area contributed by atoms with Crippen molar-refractivity contribution in [3.8, 4) is 11.5 Å². The first kappa shape index (κ1) is 13.6. The van der Waals surface area contributed by atoms with E-state index in [-0.39, 0.29) is 11.7 Å². The van der Waals surface area contributed by atoms with E-state index in [1.165, 1.54) is 6.92 Å². The highest BCUT2D eigenvalue weighted by Gasteiger charge is 2.13. The van der Waals surface area contributed by atoms with Gasteiger partial charge in [0.2, 0.25) is 0 Å². The molecule has 0 aliphatic rings. The van der Waals surface area contributed by atoms with Crippen LogP contribution < -0.4 is 4.74 Å². The summed E-state index contributed by atoms with van der Waals surface area (Å²) in [6, 6.07) is 3.36. The number of ether oxygens (including phenoxy) is 1. The molecule has 0 fully saturated rings. The van der Waals surface area contributed by atoms with Gasteiger partial charge in [-0.1, -0.05) is 26.7 Å². The van der Waals surface area contributed by atoms with E-state index < -0.39 is 0 Å². The molecule has 1 aromatic carbocycles. The van der Waals surface area contributed by atoms with Crippen molar-refractivity contribution >= 4 is 5.97 Å². The zero-order chi connectivity index (χ0) is 12.8. The molecule has 0 spiro atoms. The van der Waals surface area contributed by atoms with Crippen LogP contribution in [0.1, 0.15) is 44.7 Å². The van der Waals surface area contributed by atoms with Crippen molar-refractivity contribution in [3.63, 3.8) is 0 Å². The van der Waals surface area contributed by atoms with E-state index in [0.29, 0.717) is 5.75 Å². The van der Waals surface area contributed by atoms with Crippen LogP contribution >= 0.6 is 0 Å². The Morgan fingerprint density at radius 1 is 1.18 bits per heavy atom. The van der Waals surface area contributed by atoms with Gasteiger partial charge in [0.1, 0.15) is 11.5 Å². The average Bonchev–Trinajstić information content (AvgIpc) is 2.23. The molecule has 3 heteroatoms. The van der Waals surface area contributed by atoms with Crippen LogP contribution in [0.4, 0.5) is 0 Å². The Morgan fingerprint density at radius 2 is 1.65 bits per heavy atom. The van der Waals surface area contributed by atoms with Crippen molar-refractivity contribution in [1.82, 2.24) is 0 Å². The average molecular weight is 236 g/mol. The third kappa shape index (κ3) is 3.77. The van der Waals surface area contributed by atoms with Crippen LogP contribution in [0.25, 0.3) is 0 Å². The van der Waals surface area contributed by atoms with E-state index in [9.17, 15) is 9.90 Å². The fourth-order valence-corrected chi connectivity index (χ4v) is 1.92. The molecule has 0 bridgehead atoms. The third-order valence-corrected chi connectivity index (χ3v) is 2.51. The van der Waals surface area contributed by atoms with E-state index in [2.05, 4.69) is 13.8 Å². The van der Waals surface area contributed by atoms with Gasteiger partial charge >= 0.3 is 5.97 Å². The molecule has 0 atom stereocenters. The number of benzene rings is 1. The van der Waals surface area contributed by atoms with Crippen molar-refractivity contribution in [2.24, 2.45) is 0 Å². The van der Waals surface area contributed by atoms with E-state index in [1.54, 1.807) is 12.1 Å². The number of carbonyl (C=O) groups excluding carboxylic acids is 1. The number of hydrogen-bond donors (Lipinski definition) is 1. The lowest BCUT2D eigenvalue weighted by Crippen LogP contribution is -2.07. The Labute approximate surface area is 102 Å². The summed E-state index contributed by atoms with van der Waals surface area (Å²) in [5.41, 5.74) is 1.82. The maximum Gasteiger partial charge on any atom is 0.308 e. The van der Waals surface area contributed by atoms with Gasteiger partial charge in [0.15, 0.2) is 0 Å². The highest BCUT2D eigenvalue weighted by atomic mass is 16.5. The number of phenols is 1. The SMILES string of the molecule is CCCc1cc(O)cc(CCC)c1OC(C)=O. The normalized spacial score (nSPS) is 10.3. The molecule has 0 aliphatic heterocycles. The Bertz CT molecular complexity index is 369. The van der Waals surface area contributed by atoms with Crippen LogP contribution in [0.5, 0.6) is 11.5 Å². The number of aryl methyl sites for hydroxylation is 2. The first-order valence-corrected chi connectivity index (χ1v) is 6.11. The second kappa shape index (κ2) is 6.28. The van der Waals surface area contributed by atoms with E-state index >= 15 is 0 Å². The number of esters is 1.